The summed E-state index contributed by atoms with van der Waals surface area (Å²) in [6.45, 7) is 0. The lowest BCUT2D eigenvalue weighted by molar-refractivity contribution is -0.384. The molecule has 0 radical (unpaired) electrons. The largest absolute Gasteiger partial charge is 0.270 e. The molecule has 0 unspecified atom stereocenters. The van der Waals surface area contributed by atoms with Gasteiger partial charge in [0.2, 0.25) is 4.77 Å². The van der Waals surface area contributed by atoms with Crippen LogP contribution in [0, 0.1) is 14.9 Å². The molecule has 0 bridgehead atoms. The molecule has 0 atom stereocenters. The number of halogens is 2. The zero-order valence-electron chi connectivity index (χ0n) is 12.4. The van der Waals surface area contributed by atoms with Crippen LogP contribution in [-0.2, 0) is 0 Å². The minimum Gasteiger partial charge on any atom is -0.258 e. The fourth-order valence-corrected chi connectivity index (χ4v) is 2.61. The van der Waals surface area contributed by atoms with E-state index in [1.165, 1.54) is 29.1 Å². The summed E-state index contributed by atoms with van der Waals surface area (Å²) >= 11 is 17.2. The van der Waals surface area contributed by atoms with Crippen LogP contribution in [0.4, 0.5) is 5.69 Å². The van der Waals surface area contributed by atoms with Crippen molar-refractivity contribution in [2.75, 3.05) is 0 Å². The minimum absolute atomic E-state index is 0.0864. The van der Waals surface area contributed by atoms with Gasteiger partial charge >= 0.3 is 0 Å². The number of rotatable bonds is 4. The van der Waals surface area contributed by atoms with Crippen LogP contribution in [0.5, 0.6) is 0 Å². The Morgan fingerprint density at radius 1 is 1.28 bits per heavy atom. The lowest BCUT2D eigenvalue weighted by Gasteiger charge is -2.02. The molecule has 10 heteroatoms. The van der Waals surface area contributed by atoms with Crippen LogP contribution in [0.2, 0.25) is 10.0 Å². The molecule has 0 aliphatic carbocycles. The summed E-state index contributed by atoms with van der Waals surface area (Å²) in [5.74, 6) is 0.449. The highest BCUT2D eigenvalue weighted by molar-refractivity contribution is 7.71. The van der Waals surface area contributed by atoms with Gasteiger partial charge in [0.15, 0.2) is 5.82 Å². The van der Waals surface area contributed by atoms with Crippen LogP contribution in [0.25, 0.3) is 11.4 Å². The molecule has 25 heavy (non-hydrogen) atoms. The van der Waals surface area contributed by atoms with E-state index in [4.69, 9.17) is 35.4 Å². The van der Waals surface area contributed by atoms with E-state index in [1.807, 2.05) is 6.07 Å². The van der Waals surface area contributed by atoms with E-state index in [0.717, 1.165) is 0 Å². The molecule has 7 nitrogen and oxygen atoms in total. The first-order valence-corrected chi connectivity index (χ1v) is 8.04. The molecule has 126 valence electrons. The first-order valence-electron chi connectivity index (χ1n) is 6.87. The average Bonchev–Trinajstić information content (AvgIpc) is 2.94. The van der Waals surface area contributed by atoms with E-state index < -0.39 is 4.92 Å². The highest BCUT2D eigenvalue weighted by atomic mass is 35.5. The van der Waals surface area contributed by atoms with Gasteiger partial charge < -0.3 is 0 Å². The predicted octanol–water partition coefficient (Wildman–Crippen LogP) is 4.70. The lowest BCUT2D eigenvalue weighted by atomic mass is 10.2. The van der Waals surface area contributed by atoms with Gasteiger partial charge in [-0.05, 0) is 30.4 Å². The number of nitro groups is 1. The maximum Gasteiger partial charge on any atom is 0.270 e. The summed E-state index contributed by atoms with van der Waals surface area (Å²) in [6.07, 6.45) is 1.38. The molecule has 0 fully saturated rings. The Balaban J connectivity index is 2.03. The van der Waals surface area contributed by atoms with E-state index in [2.05, 4.69) is 15.3 Å². The Labute approximate surface area is 156 Å². The molecule has 0 spiro atoms. The number of nitro benzene ring substituents is 1. The summed E-state index contributed by atoms with van der Waals surface area (Å²) in [5, 5.41) is 22.8. The first-order chi connectivity index (χ1) is 12.0. The van der Waals surface area contributed by atoms with Crippen LogP contribution in [0.15, 0.2) is 47.6 Å². The van der Waals surface area contributed by atoms with E-state index in [1.54, 1.807) is 18.2 Å². The molecule has 1 heterocycles. The van der Waals surface area contributed by atoms with Crippen LogP contribution in [0.3, 0.4) is 0 Å². The Morgan fingerprint density at radius 2 is 2.08 bits per heavy atom. The van der Waals surface area contributed by atoms with Gasteiger partial charge in [0, 0.05) is 33.3 Å². The average molecular weight is 394 g/mol. The van der Waals surface area contributed by atoms with Crippen molar-refractivity contribution in [1.82, 2.24) is 14.9 Å². The maximum absolute atomic E-state index is 10.9. The van der Waals surface area contributed by atoms with Gasteiger partial charge in [-0.2, -0.15) is 14.9 Å². The van der Waals surface area contributed by atoms with Gasteiger partial charge in [-0.25, -0.2) is 5.10 Å². The number of aromatic nitrogens is 3. The second-order valence-electron chi connectivity index (χ2n) is 4.88. The summed E-state index contributed by atoms with van der Waals surface area (Å²) in [7, 11) is 0. The molecule has 1 N–H and O–H groups in total. The Bertz CT molecular complexity index is 1040. The van der Waals surface area contributed by atoms with Gasteiger partial charge in [-0.15, -0.1) is 0 Å². The quantitative estimate of drug-likeness (QED) is 0.301. The second-order valence-corrected chi connectivity index (χ2v) is 6.11. The number of H-pyrrole nitrogens is 1. The van der Waals surface area contributed by atoms with Crippen molar-refractivity contribution in [2.45, 2.75) is 0 Å². The van der Waals surface area contributed by atoms with Crippen LogP contribution in [-0.4, -0.2) is 26.0 Å². The fourth-order valence-electron chi connectivity index (χ4n) is 2.08. The summed E-state index contributed by atoms with van der Waals surface area (Å²) in [5.41, 5.74) is 1.01. The van der Waals surface area contributed by atoms with Crippen molar-refractivity contribution >= 4 is 47.3 Å². The number of hydrogen-bond donors (Lipinski definition) is 1. The minimum atomic E-state index is -0.505. The van der Waals surface area contributed by atoms with E-state index in [9.17, 15) is 10.1 Å². The predicted molar refractivity (Wildman–Crippen MR) is 99.0 cm³/mol. The van der Waals surface area contributed by atoms with E-state index in [-0.39, 0.29) is 10.5 Å². The third-order valence-electron chi connectivity index (χ3n) is 3.24. The van der Waals surface area contributed by atoms with Crippen LogP contribution >= 0.6 is 35.4 Å². The molecule has 3 aromatic rings. The number of hydrogen-bond acceptors (Lipinski definition) is 5. The van der Waals surface area contributed by atoms with Crippen molar-refractivity contribution in [3.05, 3.63) is 73.0 Å². The van der Waals surface area contributed by atoms with Crippen molar-refractivity contribution in [1.29, 1.82) is 0 Å². The Kier molecular flexibility index (Phi) is 4.93. The highest BCUT2D eigenvalue weighted by Gasteiger charge is 2.11. The van der Waals surface area contributed by atoms with E-state index in [0.29, 0.717) is 27.0 Å². The SMILES string of the molecule is O=[N+]([O-])c1ccc(Cl)c(C=Nn2c(-c3cccc(Cl)c3)n[nH]c2=S)c1. The monoisotopic (exact) mass is 393 g/mol. The van der Waals surface area contributed by atoms with Crippen LogP contribution in [0.1, 0.15) is 5.56 Å². The molecule has 0 saturated heterocycles. The molecule has 2 aromatic carbocycles. The topological polar surface area (TPSA) is 89.1 Å². The maximum atomic E-state index is 10.9. The van der Waals surface area contributed by atoms with Crippen molar-refractivity contribution in [3.63, 3.8) is 0 Å². The second kappa shape index (κ2) is 7.14. The number of nitrogens with one attached hydrogen (secondary N) is 1. The van der Waals surface area contributed by atoms with Crippen LogP contribution < -0.4 is 0 Å². The highest BCUT2D eigenvalue weighted by Crippen LogP contribution is 2.23. The lowest BCUT2D eigenvalue weighted by Crippen LogP contribution is -1.96. The zero-order valence-corrected chi connectivity index (χ0v) is 14.7. The molecule has 0 amide bonds. The molecule has 0 saturated carbocycles. The molecular formula is C15H9Cl2N5O2S. The normalized spacial score (nSPS) is 11.1. The molecule has 0 aliphatic heterocycles. The van der Waals surface area contributed by atoms with Gasteiger partial charge in [0.25, 0.3) is 5.69 Å². The van der Waals surface area contributed by atoms with Gasteiger partial charge in [0.05, 0.1) is 11.1 Å². The molecular weight excluding hydrogens is 385 g/mol. The number of nitrogens with zero attached hydrogens (tertiary/aromatic N) is 4. The first kappa shape index (κ1) is 17.3. The molecule has 1 aromatic heterocycles. The van der Waals surface area contributed by atoms with E-state index >= 15 is 0 Å². The number of benzene rings is 2. The third kappa shape index (κ3) is 3.76. The van der Waals surface area contributed by atoms with Crippen molar-refractivity contribution in [3.8, 4) is 11.4 Å². The van der Waals surface area contributed by atoms with Gasteiger partial charge in [-0.1, -0.05) is 35.3 Å². The standard InChI is InChI=1S/C15H9Cl2N5O2S/c16-11-3-1-2-9(6-11)14-19-20-15(25)21(14)18-8-10-7-12(22(23)24)4-5-13(10)17/h1-8H,(H,20,25). The fraction of sp³-hybridized carbons (Fsp3) is 0. The third-order valence-corrected chi connectivity index (χ3v) is 4.08. The summed E-state index contributed by atoms with van der Waals surface area (Å²) < 4.78 is 1.64. The van der Waals surface area contributed by atoms with Crippen molar-refractivity contribution in [2.24, 2.45) is 5.10 Å². The molecule has 0 aliphatic rings. The van der Waals surface area contributed by atoms with Gasteiger partial charge in [-0.3, -0.25) is 10.1 Å². The summed E-state index contributed by atoms with van der Waals surface area (Å²) in [4.78, 5) is 10.4. The summed E-state index contributed by atoms with van der Waals surface area (Å²) in [6, 6.07) is 11.1. The number of aromatic amines is 1. The number of non-ortho nitro benzene ring substituents is 1. The zero-order chi connectivity index (χ0) is 18.0. The molecule has 3 rings (SSSR count). The van der Waals surface area contributed by atoms with Crippen molar-refractivity contribution < 1.29 is 4.92 Å². The smallest absolute Gasteiger partial charge is 0.258 e. The Morgan fingerprint density at radius 3 is 2.80 bits per heavy atom. The Hall–Kier alpha value is -2.55. The van der Waals surface area contributed by atoms with Gasteiger partial charge in [0.1, 0.15) is 0 Å².